The van der Waals surface area contributed by atoms with Crippen molar-refractivity contribution in [3.8, 4) is 0 Å². The van der Waals surface area contributed by atoms with Crippen LogP contribution in [0.3, 0.4) is 0 Å². The Hall–Kier alpha value is -2.58. The Kier molecular flexibility index (Phi) is 9.53. The molecule has 34 heavy (non-hydrogen) atoms. The van der Waals surface area contributed by atoms with Gasteiger partial charge >= 0.3 is 0 Å². The Morgan fingerprint density at radius 1 is 1.03 bits per heavy atom. The number of anilines is 1. The number of aryl methyl sites for hydroxylation is 2. The van der Waals surface area contributed by atoms with Gasteiger partial charge in [0.1, 0.15) is 12.6 Å². The van der Waals surface area contributed by atoms with Gasteiger partial charge in [-0.1, -0.05) is 54.9 Å². The van der Waals surface area contributed by atoms with Crippen molar-refractivity contribution in [1.82, 2.24) is 10.2 Å². The molecule has 0 unspecified atom stereocenters. The Balaban J connectivity index is 2.46. The highest BCUT2D eigenvalue weighted by molar-refractivity contribution is 7.92. The van der Waals surface area contributed by atoms with Crippen LogP contribution in [-0.2, 0) is 26.2 Å². The fourth-order valence-corrected chi connectivity index (χ4v) is 4.79. The third-order valence-electron chi connectivity index (χ3n) is 5.83. The second-order valence-electron chi connectivity index (χ2n) is 8.62. The lowest BCUT2D eigenvalue weighted by Gasteiger charge is -2.33. The van der Waals surface area contributed by atoms with Gasteiger partial charge in [0.2, 0.25) is 21.8 Å². The van der Waals surface area contributed by atoms with Crippen LogP contribution in [0.5, 0.6) is 0 Å². The smallest absolute Gasteiger partial charge is 0.244 e. The standard InChI is InChI=1S/C25H34ClN3O4S/c1-7-19(4)27-25(31)20(5)28(15-21-13-8-9-14-22(21)26)23(30)16-29(34(6,32)33)24-17(2)11-10-12-18(24)3/h8-14,19-20H,7,15-16H2,1-6H3,(H,27,31)/t19-,20-/m0/s1. The maximum Gasteiger partial charge on any atom is 0.244 e. The largest absolute Gasteiger partial charge is 0.352 e. The number of rotatable bonds is 10. The highest BCUT2D eigenvalue weighted by atomic mass is 35.5. The Labute approximate surface area is 208 Å². The zero-order valence-corrected chi connectivity index (χ0v) is 22.2. The summed E-state index contributed by atoms with van der Waals surface area (Å²) >= 11 is 6.34. The summed E-state index contributed by atoms with van der Waals surface area (Å²) in [6, 6.07) is 11.6. The SMILES string of the molecule is CC[C@H](C)NC(=O)[C@H](C)N(Cc1ccccc1Cl)C(=O)CN(c1c(C)cccc1C)S(C)(=O)=O. The molecule has 0 bridgehead atoms. The number of nitrogens with one attached hydrogen (secondary N) is 1. The van der Waals surface area contributed by atoms with E-state index in [1.807, 2.05) is 19.9 Å². The average molecular weight is 508 g/mol. The molecule has 0 fully saturated rings. The lowest BCUT2D eigenvalue weighted by atomic mass is 10.1. The molecule has 2 aromatic carbocycles. The van der Waals surface area contributed by atoms with E-state index in [2.05, 4.69) is 5.32 Å². The molecule has 0 saturated heterocycles. The van der Waals surface area contributed by atoms with Crippen LogP contribution in [0.1, 0.15) is 43.9 Å². The fourth-order valence-electron chi connectivity index (χ4n) is 3.63. The molecule has 186 valence electrons. The minimum atomic E-state index is -3.78. The molecule has 0 aromatic heterocycles. The van der Waals surface area contributed by atoms with Crippen molar-refractivity contribution in [2.75, 3.05) is 17.1 Å². The van der Waals surface area contributed by atoms with E-state index in [0.717, 1.165) is 28.1 Å². The number of carbonyl (C=O) groups is 2. The Morgan fingerprint density at radius 3 is 2.15 bits per heavy atom. The van der Waals surface area contributed by atoms with Crippen molar-refractivity contribution < 1.29 is 18.0 Å². The Morgan fingerprint density at radius 2 is 1.62 bits per heavy atom. The van der Waals surface area contributed by atoms with Crippen LogP contribution in [0.15, 0.2) is 42.5 Å². The quantitative estimate of drug-likeness (QED) is 0.525. The number of benzene rings is 2. The second-order valence-corrected chi connectivity index (χ2v) is 10.9. The van der Waals surface area contributed by atoms with Crippen LogP contribution in [0.4, 0.5) is 5.69 Å². The molecule has 1 N–H and O–H groups in total. The van der Waals surface area contributed by atoms with Crippen molar-refractivity contribution >= 4 is 39.1 Å². The van der Waals surface area contributed by atoms with E-state index in [0.29, 0.717) is 16.3 Å². The van der Waals surface area contributed by atoms with Crippen molar-refractivity contribution in [2.24, 2.45) is 0 Å². The summed E-state index contributed by atoms with van der Waals surface area (Å²) < 4.78 is 26.6. The highest BCUT2D eigenvalue weighted by Gasteiger charge is 2.31. The second kappa shape index (κ2) is 11.7. The van der Waals surface area contributed by atoms with Gasteiger partial charge in [-0.15, -0.1) is 0 Å². The maximum absolute atomic E-state index is 13.6. The van der Waals surface area contributed by atoms with Crippen LogP contribution in [0.2, 0.25) is 5.02 Å². The summed E-state index contributed by atoms with van der Waals surface area (Å²) in [7, 11) is -3.78. The van der Waals surface area contributed by atoms with Crippen molar-refractivity contribution in [2.45, 2.75) is 59.7 Å². The van der Waals surface area contributed by atoms with E-state index in [4.69, 9.17) is 11.6 Å². The van der Waals surface area contributed by atoms with Crippen molar-refractivity contribution in [3.05, 3.63) is 64.2 Å². The number of halogens is 1. The minimum absolute atomic E-state index is 0.0608. The summed E-state index contributed by atoms with van der Waals surface area (Å²) in [5.41, 5.74) is 2.60. The van der Waals surface area contributed by atoms with Gasteiger partial charge in [0, 0.05) is 17.6 Å². The van der Waals surface area contributed by atoms with Gasteiger partial charge in [0.05, 0.1) is 11.9 Å². The molecular formula is C25H34ClN3O4S. The number of hydrogen-bond acceptors (Lipinski definition) is 4. The monoisotopic (exact) mass is 507 g/mol. The first kappa shape index (κ1) is 27.7. The molecule has 0 aliphatic carbocycles. The van der Waals surface area contributed by atoms with Gasteiger partial charge in [0.25, 0.3) is 0 Å². The van der Waals surface area contributed by atoms with E-state index in [9.17, 15) is 18.0 Å². The predicted molar refractivity (Wildman–Crippen MR) is 137 cm³/mol. The topological polar surface area (TPSA) is 86.8 Å². The van der Waals surface area contributed by atoms with Crippen LogP contribution < -0.4 is 9.62 Å². The number of hydrogen-bond donors (Lipinski definition) is 1. The first-order valence-corrected chi connectivity index (χ1v) is 13.5. The molecule has 0 saturated carbocycles. The summed E-state index contributed by atoms with van der Waals surface area (Å²) in [6.07, 6.45) is 1.81. The number of sulfonamides is 1. The molecule has 2 atom stereocenters. The lowest BCUT2D eigenvalue weighted by molar-refractivity contribution is -0.139. The van der Waals surface area contributed by atoms with Gasteiger partial charge in [-0.25, -0.2) is 8.42 Å². The van der Waals surface area contributed by atoms with Crippen LogP contribution in [0.25, 0.3) is 0 Å². The molecule has 0 aliphatic heterocycles. The summed E-state index contributed by atoms with van der Waals surface area (Å²) in [4.78, 5) is 27.9. The molecule has 2 rings (SSSR count). The molecule has 0 spiro atoms. The van der Waals surface area contributed by atoms with Crippen LogP contribution >= 0.6 is 11.6 Å². The molecular weight excluding hydrogens is 474 g/mol. The van der Waals surface area contributed by atoms with Gasteiger partial charge in [-0.05, 0) is 56.9 Å². The van der Waals surface area contributed by atoms with Gasteiger partial charge in [-0.2, -0.15) is 0 Å². The lowest BCUT2D eigenvalue weighted by Crippen LogP contribution is -2.52. The van der Waals surface area contributed by atoms with E-state index < -0.39 is 28.5 Å². The molecule has 7 nitrogen and oxygen atoms in total. The highest BCUT2D eigenvalue weighted by Crippen LogP contribution is 2.27. The number of amides is 2. The summed E-state index contributed by atoms with van der Waals surface area (Å²) in [5, 5.41) is 3.36. The van der Waals surface area contributed by atoms with E-state index in [1.165, 1.54) is 4.90 Å². The van der Waals surface area contributed by atoms with Gasteiger partial charge in [0.15, 0.2) is 0 Å². The van der Waals surface area contributed by atoms with Gasteiger partial charge in [-0.3, -0.25) is 13.9 Å². The van der Waals surface area contributed by atoms with E-state index >= 15 is 0 Å². The zero-order chi connectivity index (χ0) is 25.6. The fraction of sp³-hybridized carbons (Fsp3) is 0.440. The number of nitrogens with zero attached hydrogens (tertiary/aromatic N) is 2. The normalized spacial score (nSPS) is 13.1. The third kappa shape index (κ3) is 6.96. The van der Waals surface area contributed by atoms with Crippen molar-refractivity contribution in [3.63, 3.8) is 0 Å². The Bertz CT molecular complexity index is 1120. The van der Waals surface area contributed by atoms with E-state index in [-0.39, 0.29) is 18.5 Å². The van der Waals surface area contributed by atoms with Crippen LogP contribution in [-0.4, -0.2) is 50.0 Å². The zero-order valence-electron chi connectivity index (χ0n) is 20.6. The minimum Gasteiger partial charge on any atom is -0.352 e. The first-order chi connectivity index (χ1) is 15.9. The molecule has 0 radical (unpaired) electrons. The average Bonchev–Trinajstić information content (AvgIpc) is 2.76. The third-order valence-corrected chi connectivity index (χ3v) is 7.32. The summed E-state index contributed by atoms with van der Waals surface area (Å²) in [5.74, 6) is -0.812. The van der Waals surface area contributed by atoms with E-state index in [1.54, 1.807) is 57.2 Å². The molecule has 9 heteroatoms. The molecule has 0 aliphatic rings. The molecule has 2 amide bonds. The first-order valence-electron chi connectivity index (χ1n) is 11.2. The van der Waals surface area contributed by atoms with Crippen LogP contribution in [0, 0.1) is 13.8 Å². The van der Waals surface area contributed by atoms with Crippen molar-refractivity contribution in [1.29, 1.82) is 0 Å². The number of carbonyl (C=O) groups excluding carboxylic acids is 2. The molecule has 2 aromatic rings. The number of para-hydroxylation sites is 1. The summed E-state index contributed by atoms with van der Waals surface area (Å²) in [6.45, 7) is 8.71. The predicted octanol–water partition coefficient (Wildman–Crippen LogP) is 4.05. The van der Waals surface area contributed by atoms with Gasteiger partial charge < -0.3 is 10.2 Å². The maximum atomic E-state index is 13.6. The molecule has 0 heterocycles.